The minimum Gasteiger partial charge on any atom is -0.497 e. The second kappa shape index (κ2) is 8.08. The fraction of sp³-hybridized carbons (Fsp3) is 0.550. The summed E-state index contributed by atoms with van der Waals surface area (Å²) in [6, 6.07) is 8.62. The monoisotopic (exact) mass is 370 g/mol. The van der Waals surface area contributed by atoms with Crippen molar-refractivity contribution >= 4 is 5.91 Å². The molecule has 1 aliphatic heterocycles. The number of rotatable bonds is 8. The van der Waals surface area contributed by atoms with Crippen LogP contribution in [0.4, 0.5) is 0 Å². The van der Waals surface area contributed by atoms with E-state index in [2.05, 4.69) is 32.5 Å². The lowest BCUT2D eigenvalue weighted by molar-refractivity contribution is 0.0937. The van der Waals surface area contributed by atoms with E-state index in [9.17, 15) is 4.79 Å². The van der Waals surface area contributed by atoms with Gasteiger partial charge in [0.25, 0.3) is 11.7 Å². The number of methoxy groups -OCH3 is 1. The summed E-state index contributed by atoms with van der Waals surface area (Å²) in [5, 5.41) is 6.78. The van der Waals surface area contributed by atoms with Crippen molar-refractivity contribution in [2.75, 3.05) is 20.2 Å². The fourth-order valence-electron chi connectivity index (χ4n) is 3.63. The van der Waals surface area contributed by atoms with Crippen LogP contribution in [0.5, 0.6) is 5.75 Å². The molecule has 0 spiro atoms. The van der Waals surface area contributed by atoms with Crippen LogP contribution in [0.25, 0.3) is 0 Å². The number of carbonyl (C=O) groups excluding carboxylic acids is 1. The molecule has 0 bridgehead atoms. The van der Waals surface area contributed by atoms with E-state index >= 15 is 0 Å². The maximum absolute atomic E-state index is 12.1. The number of hydrogen-bond donors (Lipinski definition) is 1. The predicted molar refractivity (Wildman–Crippen MR) is 99.6 cm³/mol. The van der Waals surface area contributed by atoms with Crippen LogP contribution in [-0.4, -0.2) is 47.2 Å². The molecule has 1 saturated heterocycles. The molecule has 2 fully saturated rings. The van der Waals surface area contributed by atoms with Gasteiger partial charge in [0.15, 0.2) is 0 Å². The maximum atomic E-state index is 12.1. The van der Waals surface area contributed by atoms with Crippen molar-refractivity contribution < 1.29 is 14.1 Å². The molecule has 1 N–H and O–H groups in total. The summed E-state index contributed by atoms with van der Waals surface area (Å²) in [4.78, 5) is 18.8. The predicted octanol–water partition coefficient (Wildman–Crippen LogP) is 2.74. The van der Waals surface area contributed by atoms with Crippen LogP contribution >= 0.6 is 0 Å². The van der Waals surface area contributed by atoms with Crippen LogP contribution in [0.3, 0.4) is 0 Å². The first kappa shape index (κ1) is 18.0. The second-order valence-corrected chi connectivity index (χ2v) is 7.35. The first-order valence-electron chi connectivity index (χ1n) is 9.74. The molecule has 4 rings (SSSR count). The molecule has 27 heavy (non-hydrogen) atoms. The molecule has 7 heteroatoms. The Morgan fingerprint density at radius 1 is 1.37 bits per heavy atom. The van der Waals surface area contributed by atoms with Gasteiger partial charge in [0.2, 0.25) is 5.89 Å². The number of nitrogens with one attached hydrogen (secondary N) is 1. The number of aryl methyl sites for hydroxylation is 1. The zero-order chi connectivity index (χ0) is 18.6. The molecule has 1 aromatic heterocycles. The number of likely N-dealkylation sites (tertiary alicyclic amines) is 1. The normalized spacial score (nSPS) is 20.0. The average Bonchev–Trinajstić information content (AvgIpc) is 3.18. The lowest BCUT2D eigenvalue weighted by Crippen LogP contribution is -2.27. The van der Waals surface area contributed by atoms with Crippen molar-refractivity contribution in [2.24, 2.45) is 0 Å². The summed E-state index contributed by atoms with van der Waals surface area (Å²) in [5.74, 6) is 1.39. The van der Waals surface area contributed by atoms with E-state index in [1.807, 2.05) is 12.1 Å². The highest BCUT2D eigenvalue weighted by Crippen LogP contribution is 2.31. The summed E-state index contributed by atoms with van der Waals surface area (Å²) in [6.07, 6.45) is 6.23. The van der Waals surface area contributed by atoms with Gasteiger partial charge in [0, 0.05) is 6.04 Å². The van der Waals surface area contributed by atoms with Gasteiger partial charge in [-0.25, -0.2) is 0 Å². The Morgan fingerprint density at radius 3 is 3.07 bits per heavy atom. The van der Waals surface area contributed by atoms with Crippen molar-refractivity contribution in [3.63, 3.8) is 0 Å². The van der Waals surface area contributed by atoms with Crippen molar-refractivity contribution in [3.05, 3.63) is 41.5 Å². The molecule has 1 atom stereocenters. The first-order chi connectivity index (χ1) is 13.2. The molecule has 1 unspecified atom stereocenters. The van der Waals surface area contributed by atoms with Crippen molar-refractivity contribution in [3.8, 4) is 5.75 Å². The van der Waals surface area contributed by atoms with Gasteiger partial charge >= 0.3 is 0 Å². The van der Waals surface area contributed by atoms with Gasteiger partial charge in [0.05, 0.1) is 13.2 Å². The van der Waals surface area contributed by atoms with Crippen molar-refractivity contribution in [1.29, 1.82) is 0 Å². The summed E-state index contributed by atoms with van der Waals surface area (Å²) >= 11 is 0. The number of aromatic nitrogens is 2. The molecule has 2 aromatic rings. The van der Waals surface area contributed by atoms with Gasteiger partial charge in [0.1, 0.15) is 5.75 Å². The van der Waals surface area contributed by atoms with Crippen molar-refractivity contribution in [1.82, 2.24) is 20.4 Å². The standard InChI is InChI=1S/C20H26N4O3/c1-26-16-7-2-5-14(13-16)6-3-11-24-12-4-8-17(24)20-22-18(23-27-20)19(25)21-15-9-10-15/h2,5,7,13,15,17H,3-4,6,8-12H2,1H3,(H,21,25). The molecule has 1 aliphatic carbocycles. The average molecular weight is 370 g/mol. The van der Waals surface area contributed by atoms with Crippen LogP contribution in [-0.2, 0) is 6.42 Å². The van der Waals surface area contributed by atoms with E-state index in [-0.39, 0.29) is 17.8 Å². The van der Waals surface area contributed by atoms with Gasteiger partial charge in [-0.2, -0.15) is 4.98 Å². The number of carbonyl (C=O) groups is 1. The van der Waals surface area contributed by atoms with E-state index in [1.54, 1.807) is 7.11 Å². The summed E-state index contributed by atoms with van der Waals surface area (Å²) in [6.45, 7) is 1.99. The number of hydrogen-bond acceptors (Lipinski definition) is 6. The largest absolute Gasteiger partial charge is 0.497 e. The van der Waals surface area contributed by atoms with Crippen LogP contribution < -0.4 is 10.1 Å². The highest BCUT2D eigenvalue weighted by molar-refractivity contribution is 5.90. The lowest BCUT2D eigenvalue weighted by atomic mass is 10.1. The van der Waals surface area contributed by atoms with Gasteiger partial charge in [-0.1, -0.05) is 17.3 Å². The van der Waals surface area contributed by atoms with Crippen LogP contribution in [0, 0.1) is 0 Å². The number of amides is 1. The Hall–Kier alpha value is -2.41. The van der Waals surface area contributed by atoms with Gasteiger partial charge in [-0.3, -0.25) is 9.69 Å². The highest BCUT2D eigenvalue weighted by Gasteiger charge is 2.32. The molecule has 1 saturated carbocycles. The Bertz CT molecular complexity index is 787. The maximum Gasteiger partial charge on any atom is 0.292 e. The molecule has 1 aromatic carbocycles. The third kappa shape index (κ3) is 4.47. The van der Waals surface area contributed by atoms with Crippen molar-refractivity contribution in [2.45, 2.75) is 50.6 Å². The summed E-state index contributed by atoms with van der Waals surface area (Å²) in [5.41, 5.74) is 1.28. The quantitative estimate of drug-likeness (QED) is 0.770. The molecular weight excluding hydrogens is 344 g/mol. The third-order valence-corrected chi connectivity index (χ3v) is 5.25. The molecular formula is C20H26N4O3. The Kier molecular flexibility index (Phi) is 5.38. The first-order valence-corrected chi connectivity index (χ1v) is 9.74. The molecule has 7 nitrogen and oxygen atoms in total. The topological polar surface area (TPSA) is 80.5 Å². The van der Waals surface area contributed by atoms with E-state index in [0.717, 1.165) is 57.4 Å². The summed E-state index contributed by atoms with van der Waals surface area (Å²) < 4.78 is 10.7. The number of ether oxygens (including phenoxy) is 1. The smallest absolute Gasteiger partial charge is 0.292 e. The Labute approximate surface area is 159 Å². The minimum absolute atomic E-state index is 0.116. The number of benzene rings is 1. The van der Waals surface area contributed by atoms with E-state index in [0.29, 0.717) is 11.9 Å². The SMILES string of the molecule is COc1cccc(CCCN2CCCC2c2nc(C(=O)NC3CC3)no2)c1. The zero-order valence-corrected chi connectivity index (χ0v) is 15.7. The molecule has 2 aliphatic rings. The van der Waals surface area contributed by atoms with E-state index in [1.165, 1.54) is 5.56 Å². The highest BCUT2D eigenvalue weighted by atomic mass is 16.5. The number of nitrogens with zero attached hydrogens (tertiary/aromatic N) is 3. The van der Waals surface area contributed by atoms with Crippen LogP contribution in [0.1, 0.15) is 60.2 Å². The van der Waals surface area contributed by atoms with Crippen LogP contribution in [0.2, 0.25) is 0 Å². The lowest BCUT2D eigenvalue weighted by Gasteiger charge is -2.21. The summed E-state index contributed by atoms with van der Waals surface area (Å²) in [7, 11) is 1.69. The van der Waals surface area contributed by atoms with Gasteiger partial charge in [-0.05, 0) is 69.3 Å². The molecule has 0 radical (unpaired) electrons. The molecule has 2 heterocycles. The van der Waals surface area contributed by atoms with Gasteiger partial charge in [-0.15, -0.1) is 0 Å². The zero-order valence-electron chi connectivity index (χ0n) is 15.7. The van der Waals surface area contributed by atoms with E-state index < -0.39 is 0 Å². The Balaban J connectivity index is 1.32. The van der Waals surface area contributed by atoms with Gasteiger partial charge < -0.3 is 14.6 Å². The van der Waals surface area contributed by atoms with E-state index in [4.69, 9.17) is 9.26 Å². The minimum atomic E-state index is -0.227. The third-order valence-electron chi connectivity index (χ3n) is 5.25. The second-order valence-electron chi connectivity index (χ2n) is 7.35. The Morgan fingerprint density at radius 2 is 2.26 bits per heavy atom. The van der Waals surface area contributed by atoms with Crippen LogP contribution in [0.15, 0.2) is 28.8 Å². The fourth-order valence-corrected chi connectivity index (χ4v) is 3.63. The molecule has 144 valence electrons. The molecule has 1 amide bonds.